The predicted molar refractivity (Wildman–Crippen MR) is 77.0 cm³/mol. The van der Waals surface area contributed by atoms with Gasteiger partial charge in [0.2, 0.25) is 0 Å². The second-order valence-corrected chi connectivity index (χ2v) is 5.54. The highest BCUT2D eigenvalue weighted by Gasteiger charge is 2.35. The Balaban J connectivity index is 2.49. The van der Waals surface area contributed by atoms with Crippen LogP contribution >= 0.6 is 0 Å². The van der Waals surface area contributed by atoms with Gasteiger partial charge in [0, 0.05) is 19.1 Å². The minimum atomic E-state index is -0.909. The van der Waals surface area contributed by atoms with Crippen LogP contribution in [0.4, 0.5) is 0 Å². The zero-order valence-corrected chi connectivity index (χ0v) is 12.8. The summed E-state index contributed by atoms with van der Waals surface area (Å²) >= 11 is 0. The van der Waals surface area contributed by atoms with Gasteiger partial charge in [-0.05, 0) is 39.9 Å². The van der Waals surface area contributed by atoms with Gasteiger partial charge in [0.15, 0.2) is 0 Å². The maximum absolute atomic E-state index is 11.8. The van der Waals surface area contributed by atoms with Crippen molar-refractivity contribution in [2.24, 2.45) is 5.73 Å². The Kier molecular flexibility index (Phi) is 6.23. The third kappa shape index (κ3) is 4.44. The lowest BCUT2D eigenvalue weighted by molar-refractivity contribution is -0.149. The maximum atomic E-state index is 11.8. The van der Waals surface area contributed by atoms with Gasteiger partial charge in [0.05, 0.1) is 6.61 Å². The van der Waals surface area contributed by atoms with E-state index < -0.39 is 5.54 Å². The fraction of sp³-hybridized carbons (Fsp3) is 0.929. The van der Waals surface area contributed by atoms with E-state index in [0.717, 1.165) is 32.6 Å². The van der Waals surface area contributed by atoms with E-state index in [1.165, 1.54) is 0 Å². The minimum absolute atomic E-state index is 0.304. The summed E-state index contributed by atoms with van der Waals surface area (Å²) in [5, 5.41) is 0. The van der Waals surface area contributed by atoms with Crippen molar-refractivity contribution < 1.29 is 9.53 Å². The number of ether oxygens (including phenoxy) is 1. The molecule has 2 unspecified atom stereocenters. The summed E-state index contributed by atoms with van der Waals surface area (Å²) in [5.41, 5.74) is 5.17. The molecule has 5 nitrogen and oxygen atoms in total. The van der Waals surface area contributed by atoms with E-state index in [-0.39, 0.29) is 5.97 Å². The molecule has 5 heteroatoms. The summed E-state index contributed by atoms with van der Waals surface area (Å²) in [4.78, 5) is 16.5. The molecule has 0 saturated carbocycles. The molecule has 2 N–H and O–H groups in total. The van der Waals surface area contributed by atoms with Crippen LogP contribution in [0.25, 0.3) is 0 Å². The molecule has 0 bridgehead atoms. The van der Waals surface area contributed by atoms with E-state index in [4.69, 9.17) is 10.5 Å². The summed E-state index contributed by atoms with van der Waals surface area (Å²) < 4.78 is 5.03. The molecular weight excluding hydrogens is 242 g/mol. The third-order valence-electron chi connectivity index (χ3n) is 3.87. The van der Waals surface area contributed by atoms with Gasteiger partial charge < -0.3 is 10.5 Å². The van der Waals surface area contributed by atoms with Gasteiger partial charge in [-0.1, -0.05) is 13.8 Å². The van der Waals surface area contributed by atoms with Crippen LogP contribution in [0.5, 0.6) is 0 Å². The number of carbonyl (C=O) groups excluding carboxylic acids is 1. The van der Waals surface area contributed by atoms with E-state index in [1.807, 2.05) is 0 Å². The first-order valence-electron chi connectivity index (χ1n) is 7.37. The Morgan fingerprint density at radius 2 is 2.05 bits per heavy atom. The molecule has 1 fully saturated rings. The SMILES string of the molecule is CCOC(=O)C(C)(N)CN1CCC(N(CC)CC)C1. The first-order chi connectivity index (χ1) is 8.94. The summed E-state index contributed by atoms with van der Waals surface area (Å²) in [5.74, 6) is -0.304. The second-order valence-electron chi connectivity index (χ2n) is 5.54. The number of hydrogen-bond acceptors (Lipinski definition) is 5. The van der Waals surface area contributed by atoms with Crippen LogP contribution in [-0.2, 0) is 9.53 Å². The molecule has 0 aromatic rings. The standard InChI is InChI=1S/C14H29N3O2/c1-5-17(6-2)12-8-9-16(10-12)11-14(4,15)13(18)19-7-3/h12H,5-11,15H2,1-4H3. The lowest BCUT2D eigenvalue weighted by Crippen LogP contribution is -2.54. The number of likely N-dealkylation sites (tertiary alicyclic amines) is 1. The minimum Gasteiger partial charge on any atom is -0.465 e. The predicted octanol–water partition coefficient (Wildman–Crippen LogP) is 0.683. The molecule has 19 heavy (non-hydrogen) atoms. The van der Waals surface area contributed by atoms with Gasteiger partial charge in [-0.15, -0.1) is 0 Å². The Hall–Kier alpha value is -0.650. The van der Waals surface area contributed by atoms with Gasteiger partial charge in [-0.2, -0.15) is 0 Å². The largest absolute Gasteiger partial charge is 0.465 e. The van der Waals surface area contributed by atoms with E-state index in [2.05, 4.69) is 23.6 Å². The number of rotatable bonds is 7. The van der Waals surface area contributed by atoms with Gasteiger partial charge >= 0.3 is 5.97 Å². The van der Waals surface area contributed by atoms with Crippen LogP contribution in [-0.4, -0.2) is 66.7 Å². The van der Waals surface area contributed by atoms with Crippen LogP contribution in [0.1, 0.15) is 34.1 Å². The van der Waals surface area contributed by atoms with Gasteiger partial charge in [0.25, 0.3) is 0 Å². The molecular formula is C14H29N3O2. The van der Waals surface area contributed by atoms with Crippen molar-refractivity contribution in [3.05, 3.63) is 0 Å². The molecule has 0 aliphatic carbocycles. The fourth-order valence-corrected chi connectivity index (χ4v) is 2.82. The van der Waals surface area contributed by atoms with E-state index in [0.29, 0.717) is 19.2 Å². The van der Waals surface area contributed by atoms with E-state index >= 15 is 0 Å². The van der Waals surface area contributed by atoms with Gasteiger partial charge in [-0.3, -0.25) is 14.6 Å². The van der Waals surface area contributed by atoms with E-state index in [1.54, 1.807) is 13.8 Å². The average Bonchev–Trinajstić information content (AvgIpc) is 2.78. The maximum Gasteiger partial charge on any atom is 0.327 e. The van der Waals surface area contributed by atoms with Crippen molar-refractivity contribution in [3.63, 3.8) is 0 Å². The molecule has 1 heterocycles. The molecule has 0 radical (unpaired) electrons. The highest BCUT2D eigenvalue weighted by atomic mass is 16.5. The van der Waals surface area contributed by atoms with Crippen molar-refractivity contribution >= 4 is 5.97 Å². The van der Waals surface area contributed by atoms with E-state index in [9.17, 15) is 4.79 Å². The quantitative estimate of drug-likeness (QED) is 0.690. The number of likely N-dealkylation sites (N-methyl/N-ethyl adjacent to an activating group) is 1. The first-order valence-corrected chi connectivity index (χ1v) is 7.37. The number of esters is 1. The molecule has 0 spiro atoms. The molecule has 1 aliphatic rings. The van der Waals surface area contributed by atoms with Crippen LogP contribution in [0.15, 0.2) is 0 Å². The molecule has 0 aromatic heterocycles. The zero-order chi connectivity index (χ0) is 14.5. The van der Waals surface area contributed by atoms with Crippen molar-refractivity contribution in [1.29, 1.82) is 0 Å². The Labute approximate surface area is 117 Å². The highest BCUT2D eigenvalue weighted by Crippen LogP contribution is 2.18. The van der Waals surface area contributed by atoms with Crippen molar-refractivity contribution in [3.8, 4) is 0 Å². The molecule has 0 amide bonds. The number of nitrogens with two attached hydrogens (primary N) is 1. The van der Waals surface area contributed by atoms with Crippen LogP contribution in [0, 0.1) is 0 Å². The highest BCUT2D eigenvalue weighted by molar-refractivity contribution is 5.80. The number of hydrogen-bond donors (Lipinski definition) is 1. The number of nitrogens with zero attached hydrogens (tertiary/aromatic N) is 2. The Bertz CT molecular complexity index is 290. The Morgan fingerprint density at radius 1 is 1.42 bits per heavy atom. The summed E-state index contributed by atoms with van der Waals surface area (Å²) in [6.07, 6.45) is 1.15. The normalized spacial score (nSPS) is 23.6. The average molecular weight is 271 g/mol. The Morgan fingerprint density at radius 3 is 2.58 bits per heavy atom. The molecule has 0 aromatic carbocycles. The molecule has 1 saturated heterocycles. The van der Waals surface area contributed by atoms with Gasteiger partial charge in [0.1, 0.15) is 5.54 Å². The lowest BCUT2D eigenvalue weighted by atomic mass is 10.0. The summed E-state index contributed by atoms with van der Waals surface area (Å²) in [6.45, 7) is 13.1. The molecule has 1 aliphatic heterocycles. The second kappa shape index (κ2) is 7.22. The van der Waals surface area contributed by atoms with Crippen molar-refractivity contribution in [2.45, 2.75) is 45.7 Å². The molecule has 2 atom stereocenters. The topological polar surface area (TPSA) is 58.8 Å². The molecule has 1 rings (SSSR count). The fourth-order valence-electron chi connectivity index (χ4n) is 2.82. The summed E-state index contributed by atoms with van der Waals surface area (Å²) in [6, 6.07) is 0.591. The third-order valence-corrected chi connectivity index (χ3v) is 3.87. The first kappa shape index (κ1) is 16.4. The number of carbonyl (C=O) groups is 1. The van der Waals surface area contributed by atoms with Crippen molar-refractivity contribution in [2.75, 3.05) is 39.3 Å². The lowest BCUT2D eigenvalue weighted by Gasteiger charge is -2.29. The molecule has 112 valence electrons. The summed E-state index contributed by atoms with van der Waals surface area (Å²) in [7, 11) is 0. The van der Waals surface area contributed by atoms with Crippen LogP contribution in [0.3, 0.4) is 0 Å². The monoisotopic (exact) mass is 271 g/mol. The zero-order valence-electron chi connectivity index (χ0n) is 12.8. The van der Waals surface area contributed by atoms with Crippen molar-refractivity contribution in [1.82, 2.24) is 9.80 Å². The smallest absolute Gasteiger partial charge is 0.327 e. The van der Waals surface area contributed by atoms with Gasteiger partial charge in [-0.25, -0.2) is 0 Å². The van der Waals surface area contributed by atoms with Crippen LogP contribution < -0.4 is 5.73 Å². The van der Waals surface area contributed by atoms with Crippen LogP contribution in [0.2, 0.25) is 0 Å².